The Morgan fingerprint density at radius 2 is 1.81 bits per heavy atom. The third-order valence-electron chi connectivity index (χ3n) is 4.65. The van der Waals surface area contributed by atoms with Crippen LogP contribution in [0.4, 0.5) is 0 Å². The van der Waals surface area contributed by atoms with E-state index >= 15 is 0 Å². The van der Waals surface area contributed by atoms with Crippen LogP contribution in [0.3, 0.4) is 0 Å². The molecule has 16 heavy (non-hydrogen) atoms. The molecule has 0 aromatic rings. The molecule has 1 saturated carbocycles. The molecular weight excluding hydrogens is 200 g/mol. The third kappa shape index (κ3) is 1.86. The Kier molecular flexibility index (Phi) is 2.29. The maximum atomic E-state index is 12.0. The summed E-state index contributed by atoms with van der Waals surface area (Å²) in [4.78, 5) is 12.0. The minimum atomic E-state index is 0.260. The van der Waals surface area contributed by atoms with E-state index in [1.807, 2.05) is 0 Å². The number of hydrogen-bond acceptors (Lipinski definition) is 2. The van der Waals surface area contributed by atoms with Gasteiger partial charge < -0.3 is 10.6 Å². The quantitative estimate of drug-likeness (QED) is 0.742. The van der Waals surface area contributed by atoms with Crippen LogP contribution < -0.4 is 10.6 Å². The lowest BCUT2D eigenvalue weighted by Gasteiger charge is -2.29. The second kappa shape index (κ2) is 3.46. The van der Waals surface area contributed by atoms with Crippen molar-refractivity contribution < 1.29 is 4.79 Å². The van der Waals surface area contributed by atoms with Gasteiger partial charge in [-0.3, -0.25) is 4.79 Å². The highest BCUT2D eigenvalue weighted by atomic mass is 16.2. The molecule has 3 aliphatic rings. The van der Waals surface area contributed by atoms with Crippen LogP contribution in [0.15, 0.2) is 0 Å². The van der Waals surface area contributed by atoms with Gasteiger partial charge in [0.2, 0.25) is 5.91 Å². The Morgan fingerprint density at radius 3 is 2.31 bits per heavy atom. The van der Waals surface area contributed by atoms with Crippen LogP contribution in [0.25, 0.3) is 0 Å². The molecule has 2 saturated heterocycles. The van der Waals surface area contributed by atoms with E-state index in [0.717, 1.165) is 19.3 Å². The van der Waals surface area contributed by atoms with Crippen molar-refractivity contribution in [2.75, 3.05) is 0 Å². The Labute approximate surface area is 97.4 Å². The van der Waals surface area contributed by atoms with E-state index in [4.69, 9.17) is 0 Å². The first-order valence-corrected chi connectivity index (χ1v) is 6.61. The summed E-state index contributed by atoms with van der Waals surface area (Å²) >= 11 is 0. The smallest absolute Gasteiger partial charge is 0.223 e. The van der Waals surface area contributed by atoms with E-state index in [-0.39, 0.29) is 11.3 Å². The highest BCUT2D eigenvalue weighted by Crippen LogP contribution is 2.51. The zero-order chi connectivity index (χ0) is 11.3. The largest absolute Gasteiger partial charge is 0.353 e. The molecule has 0 aromatic carbocycles. The van der Waals surface area contributed by atoms with Crippen molar-refractivity contribution >= 4 is 5.91 Å². The zero-order valence-electron chi connectivity index (χ0n) is 10.3. The number of nitrogens with one attached hydrogen (secondary N) is 2. The number of hydrogen-bond donors (Lipinski definition) is 2. The molecule has 3 rings (SSSR count). The lowest BCUT2D eigenvalue weighted by Crippen LogP contribution is -2.48. The van der Waals surface area contributed by atoms with Crippen LogP contribution in [0.2, 0.25) is 0 Å². The van der Waals surface area contributed by atoms with Gasteiger partial charge in [-0.1, -0.05) is 13.8 Å². The fourth-order valence-electron chi connectivity index (χ4n) is 3.39. The topological polar surface area (TPSA) is 41.1 Å². The van der Waals surface area contributed by atoms with Gasteiger partial charge in [-0.15, -0.1) is 0 Å². The molecule has 1 amide bonds. The Balaban J connectivity index is 1.54. The number of fused-ring (bicyclic) bond motifs is 2. The summed E-state index contributed by atoms with van der Waals surface area (Å²) in [6.45, 7) is 4.37. The molecule has 2 aliphatic heterocycles. The van der Waals surface area contributed by atoms with Gasteiger partial charge in [0.1, 0.15) is 0 Å². The second-order valence-electron chi connectivity index (χ2n) is 6.56. The van der Waals surface area contributed by atoms with Crippen LogP contribution in [0, 0.1) is 11.3 Å². The molecule has 3 nitrogen and oxygen atoms in total. The van der Waals surface area contributed by atoms with E-state index in [0.29, 0.717) is 24.0 Å². The Hall–Kier alpha value is -0.570. The molecule has 90 valence electrons. The molecule has 3 atom stereocenters. The number of carbonyl (C=O) groups excluding carboxylic acids is 1. The standard InChI is InChI=1S/C13H22N2O/c1-13(2)7-11(13)12(16)15-10-5-8-3-4-9(6-10)14-8/h8-11,14H,3-7H2,1-2H3,(H,15,16). The Bertz CT molecular complexity index is 301. The van der Waals surface area contributed by atoms with Crippen LogP contribution in [0.5, 0.6) is 0 Å². The second-order valence-corrected chi connectivity index (χ2v) is 6.56. The minimum absolute atomic E-state index is 0.260. The number of carbonyl (C=O) groups is 1. The van der Waals surface area contributed by atoms with Gasteiger partial charge in [-0.25, -0.2) is 0 Å². The lowest BCUT2D eigenvalue weighted by molar-refractivity contribution is -0.123. The minimum Gasteiger partial charge on any atom is -0.353 e. The lowest BCUT2D eigenvalue weighted by atomic mass is 9.99. The zero-order valence-corrected chi connectivity index (χ0v) is 10.3. The van der Waals surface area contributed by atoms with E-state index < -0.39 is 0 Å². The highest BCUT2D eigenvalue weighted by Gasteiger charge is 2.51. The van der Waals surface area contributed by atoms with E-state index in [1.54, 1.807) is 0 Å². The molecule has 3 fully saturated rings. The number of amides is 1. The summed E-state index contributed by atoms with van der Waals surface area (Å²) in [5.41, 5.74) is 0.260. The van der Waals surface area contributed by atoms with Gasteiger partial charge in [0.25, 0.3) is 0 Å². The van der Waals surface area contributed by atoms with Crippen LogP contribution in [0.1, 0.15) is 46.0 Å². The molecule has 0 radical (unpaired) electrons. The average molecular weight is 222 g/mol. The summed E-state index contributed by atoms with van der Waals surface area (Å²) < 4.78 is 0. The highest BCUT2D eigenvalue weighted by molar-refractivity contribution is 5.82. The normalized spacial score (nSPS) is 44.1. The molecule has 2 heterocycles. The average Bonchev–Trinajstić information content (AvgIpc) is 2.71. The van der Waals surface area contributed by atoms with Crippen molar-refractivity contribution in [1.82, 2.24) is 10.6 Å². The van der Waals surface area contributed by atoms with Crippen LogP contribution in [-0.4, -0.2) is 24.0 Å². The van der Waals surface area contributed by atoms with Crippen LogP contribution in [-0.2, 0) is 4.79 Å². The summed E-state index contributed by atoms with van der Waals surface area (Å²) in [7, 11) is 0. The molecule has 3 unspecified atom stereocenters. The number of rotatable bonds is 2. The van der Waals surface area contributed by atoms with Crippen molar-refractivity contribution in [3.8, 4) is 0 Å². The molecule has 0 spiro atoms. The number of piperidine rings is 1. The first-order chi connectivity index (χ1) is 7.54. The van der Waals surface area contributed by atoms with Crippen LogP contribution >= 0.6 is 0 Å². The monoisotopic (exact) mass is 222 g/mol. The molecule has 2 N–H and O–H groups in total. The van der Waals surface area contributed by atoms with E-state index in [1.165, 1.54) is 12.8 Å². The van der Waals surface area contributed by atoms with Gasteiger partial charge in [0, 0.05) is 24.0 Å². The third-order valence-corrected chi connectivity index (χ3v) is 4.65. The van der Waals surface area contributed by atoms with E-state index in [2.05, 4.69) is 24.5 Å². The van der Waals surface area contributed by atoms with Crippen molar-refractivity contribution in [1.29, 1.82) is 0 Å². The fraction of sp³-hybridized carbons (Fsp3) is 0.923. The predicted molar refractivity (Wildman–Crippen MR) is 63.0 cm³/mol. The van der Waals surface area contributed by atoms with Crippen molar-refractivity contribution in [2.24, 2.45) is 11.3 Å². The van der Waals surface area contributed by atoms with Gasteiger partial charge in [0.15, 0.2) is 0 Å². The summed E-state index contributed by atoms with van der Waals surface area (Å²) in [6, 6.07) is 1.76. The molecule has 1 aliphatic carbocycles. The van der Waals surface area contributed by atoms with Gasteiger partial charge in [-0.2, -0.15) is 0 Å². The molecule has 0 aromatic heterocycles. The van der Waals surface area contributed by atoms with Gasteiger partial charge in [-0.05, 0) is 37.5 Å². The van der Waals surface area contributed by atoms with Crippen molar-refractivity contribution in [2.45, 2.75) is 64.1 Å². The summed E-state index contributed by atoms with van der Waals surface area (Å²) in [6.07, 6.45) is 5.93. The van der Waals surface area contributed by atoms with Crippen molar-refractivity contribution in [3.05, 3.63) is 0 Å². The SMILES string of the molecule is CC1(C)CC1C(=O)NC1CC2CCC(C1)N2. The Morgan fingerprint density at radius 1 is 1.25 bits per heavy atom. The summed E-state index contributed by atoms with van der Waals surface area (Å²) in [5, 5.41) is 6.86. The first-order valence-electron chi connectivity index (χ1n) is 6.61. The predicted octanol–water partition coefficient (Wildman–Crippen LogP) is 1.43. The maximum absolute atomic E-state index is 12.0. The van der Waals surface area contributed by atoms with Gasteiger partial charge >= 0.3 is 0 Å². The molecular formula is C13H22N2O. The van der Waals surface area contributed by atoms with Crippen molar-refractivity contribution in [3.63, 3.8) is 0 Å². The maximum Gasteiger partial charge on any atom is 0.223 e. The molecule has 2 bridgehead atoms. The summed E-state index contributed by atoms with van der Waals surface area (Å²) in [5.74, 6) is 0.580. The first kappa shape index (κ1) is 10.6. The van der Waals surface area contributed by atoms with Gasteiger partial charge in [0.05, 0.1) is 0 Å². The molecule has 3 heteroatoms. The van der Waals surface area contributed by atoms with E-state index in [9.17, 15) is 4.79 Å². The fourth-order valence-corrected chi connectivity index (χ4v) is 3.39.